The Morgan fingerprint density at radius 2 is 2.00 bits per heavy atom. The van der Waals surface area contributed by atoms with Gasteiger partial charge in [-0.1, -0.05) is 17.8 Å². The number of nitrogens with two attached hydrogens (primary N) is 1. The lowest BCUT2D eigenvalue weighted by Gasteiger charge is -2.49. The third-order valence-corrected chi connectivity index (χ3v) is 5.79. The van der Waals surface area contributed by atoms with Crippen molar-refractivity contribution >= 4 is 51.7 Å². The van der Waals surface area contributed by atoms with Crippen molar-refractivity contribution in [3.63, 3.8) is 0 Å². The van der Waals surface area contributed by atoms with E-state index in [-0.39, 0.29) is 44.1 Å². The minimum Gasteiger partial charge on any atom is -0.477 e. The first-order valence-electron chi connectivity index (χ1n) is 7.16. The number of rotatable bonds is 5. The molecule has 2 aliphatic heterocycles. The van der Waals surface area contributed by atoms with Crippen LogP contribution >= 0.6 is 23.1 Å². The van der Waals surface area contributed by atoms with Gasteiger partial charge in [0.1, 0.15) is 22.8 Å². The molecule has 0 unspecified atom stereocenters. The van der Waals surface area contributed by atoms with Crippen LogP contribution in [0.1, 0.15) is 5.69 Å². The number of carboxylic acid groups (broad SMARTS) is 1. The van der Waals surface area contributed by atoms with E-state index >= 15 is 0 Å². The second-order valence-electron chi connectivity index (χ2n) is 5.26. The largest absolute Gasteiger partial charge is 0.477 e. The van der Waals surface area contributed by atoms with E-state index in [0.29, 0.717) is 11.3 Å². The highest BCUT2D eigenvalue weighted by atomic mass is 32.2. The summed E-state index contributed by atoms with van der Waals surface area (Å²) in [6.45, 7) is 3.56. The van der Waals surface area contributed by atoms with Gasteiger partial charge in [-0.25, -0.2) is 9.78 Å². The molecule has 1 aromatic rings. The summed E-state index contributed by atoms with van der Waals surface area (Å²) in [6.07, 6.45) is 1.40. The zero-order chi connectivity index (χ0) is 19.0. The SMILES string of the molecule is C=CC1=C(C(=O)O)N2C(=O)[C@@H](NC(=O)C(=NO)c3csc(N)n3)[C@H]2SC1.O.O.O.O. The summed E-state index contributed by atoms with van der Waals surface area (Å²) in [4.78, 5) is 41.2. The van der Waals surface area contributed by atoms with Gasteiger partial charge < -0.3 is 43.3 Å². The molecule has 2 atom stereocenters. The van der Waals surface area contributed by atoms with Crippen molar-refractivity contribution in [2.24, 2.45) is 5.16 Å². The van der Waals surface area contributed by atoms with E-state index < -0.39 is 29.2 Å². The summed E-state index contributed by atoms with van der Waals surface area (Å²) < 4.78 is 0. The Balaban J connectivity index is 0. The molecule has 0 aromatic carbocycles. The van der Waals surface area contributed by atoms with Gasteiger partial charge in [0, 0.05) is 11.1 Å². The number of carbonyl (C=O) groups is 3. The molecule has 0 aliphatic carbocycles. The number of thioether (sulfide) groups is 1. The zero-order valence-electron chi connectivity index (χ0n) is 15.1. The number of carboxylic acids is 1. The van der Waals surface area contributed by atoms with Gasteiger partial charge in [-0.05, 0) is 5.57 Å². The van der Waals surface area contributed by atoms with Crippen LogP contribution in [0.5, 0.6) is 0 Å². The molecule has 2 amide bonds. The number of β-lactam (4-membered cyclic amide) rings is 1. The Bertz CT molecular complexity index is 885. The number of aliphatic carboxylic acids is 1. The van der Waals surface area contributed by atoms with Crippen LogP contribution < -0.4 is 11.1 Å². The number of hydrogen-bond acceptors (Lipinski definition) is 9. The maximum atomic E-state index is 12.4. The maximum absolute atomic E-state index is 12.4. The van der Waals surface area contributed by atoms with Crippen LogP contribution in [-0.2, 0) is 14.4 Å². The molecule has 1 aromatic heterocycles. The van der Waals surface area contributed by atoms with Crippen LogP contribution in [0, 0.1) is 0 Å². The molecule has 13 N–H and O–H groups in total. The molecule has 3 heterocycles. The molecule has 14 nitrogen and oxygen atoms in total. The van der Waals surface area contributed by atoms with Crippen molar-refractivity contribution < 1.29 is 46.6 Å². The number of amides is 2. The van der Waals surface area contributed by atoms with Crippen molar-refractivity contribution in [3.05, 3.63) is 35.0 Å². The average molecular weight is 467 g/mol. The normalized spacial score (nSPS) is 19.5. The lowest BCUT2D eigenvalue weighted by Crippen LogP contribution is -2.71. The van der Waals surface area contributed by atoms with Gasteiger partial charge in [0.2, 0.25) is 0 Å². The van der Waals surface area contributed by atoms with E-state index in [1.54, 1.807) is 0 Å². The van der Waals surface area contributed by atoms with Crippen molar-refractivity contribution in [1.82, 2.24) is 15.2 Å². The summed E-state index contributed by atoms with van der Waals surface area (Å²) in [5.41, 5.74) is 5.49. The predicted molar refractivity (Wildman–Crippen MR) is 109 cm³/mol. The molecule has 0 saturated carbocycles. The predicted octanol–water partition coefficient (Wildman–Crippen LogP) is -3.47. The average Bonchev–Trinajstić information content (AvgIpc) is 3.04. The Hall–Kier alpha value is -3.02. The summed E-state index contributed by atoms with van der Waals surface area (Å²) in [5.74, 6) is -2.27. The second-order valence-corrected chi connectivity index (χ2v) is 7.26. The smallest absolute Gasteiger partial charge is 0.352 e. The minimum atomic E-state index is -1.24. The van der Waals surface area contributed by atoms with Crippen LogP contribution in [0.15, 0.2) is 34.5 Å². The lowest BCUT2D eigenvalue weighted by atomic mass is 10.0. The third kappa shape index (κ3) is 4.75. The number of hydrogen-bond donors (Lipinski definition) is 4. The Morgan fingerprint density at radius 3 is 2.47 bits per heavy atom. The molecule has 30 heavy (non-hydrogen) atoms. The van der Waals surface area contributed by atoms with Gasteiger partial charge in [0.05, 0.1) is 0 Å². The van der Waals surface area contributed by atoms with Gasteiger partial charge in [-0.3, -0.25) is 14.5 Å². The monoisotopic (exact) mass is 467 g/mol. The van der Waals surface area contributed by atoms with Crippen LogP contribution in [0.2, 0.25) is 0 Å². The second kappa shape index (κ2) is 11.2. The van der Waals surface area contributed by atoms with Gasteiger partial charge in [-0.2, -0.15) is 0 Å². The first-order valence-corrected chi connectivity index (χ1v) is 9.09. The minimum absolute atomic E-state index is 0. The maximum Gasteiger partial charge on any atom is 0.352 e. The number of nitrogens with zero attached hydrogens (tertiary/aromatic N) is 3. The number of oxime groups is 1. The van der Waals surface area contributed by atoms with Crippen molar-refractivity contribution in [3.8, 4) is 0 Å². The Kier molecular flexibility index (Phi) is 10.9. The summed E-state index contributed by atoms with van der Waals surface area (Å²) in [7, 11) is 0. The molecular formula is C14H21N5O9S2. The molecule has 1 fully saturated rings. The first kappa shape index (κ1) is 29.2. The fourth-order valence-electron chi connectivity index (χ4n) is 2.62. The Morgan fingerprint density at radius 1 is 1.37 bits per heavy atom. The van der Waals surface area contributed by atoms with Crippen molar-refractivity contribution in [2.75, 3.05) is 11.5 Å². The van der Waals surface area contributed by atoms with Crippen LogP contribution in [0.25, 0.3) is 0 Å². The molecule has 0 spiro atoms. The lowest BCUT2D eigenvalue weighted by molar-refractivity contribution is -0.150. The molecular weight excluding hydrogens is 446 g/mol. The zero-order valence-corrected chi connectivity index (χ0v) is 16.7. The molecule has 3 rings (SSSR count). The van der Waals surface area contributed by atoms with Gasteiger partial charge in [0.25, 0.3) is 11.8 Å². The third-order valence-electron chi connectivity index (χ3n) is 3.81. The number of thiazole rings is 1. The molecule has 1 saturated heterocycles. The number of nitrogens with one attached hydrogen (secondary N) is 1. The van der Waals surface area contributed by atoms with Crippen LogP contribution in [0.4, 0.5) is 5.13 Å². The highest BCUT2D eigenvalue weighted by Gasteiger charge is 2.54. The summed E-state index contributed by atoms with van der Waals surface area (Å²) in [6, 6.07) is -0.944. The standard InChI is InChI=1S/C14H13N5O5S2.4H2O/c1-2-5-3-25-12-8(11(21)19(12)9(5)13(22)23)17-10(20)7(18-24)6-4-26-14(15)16-6;;;;/h2,4,8,12,24H,1,3H2,(H2,15,16)(H,17,20)(H,22,23);4*1H2/t8-,12-;;;;/m1..../s1. The number of carbonyl (C=O) groups excluding carboxylic acids is 2. The van der Waals surface area contributed by atoms with E-state index in [4.69, 9.17) is 10.9 Å². The van der Waals surface area contributed by atoms with Crippen LogP contribution in [0.3, 0.4) is 0 Å². The highest BCUT2D eigenvalue weighted by Crippen LogP contribution is 2.40. The van der Waals surface area contributed by atoms with Crippen molar-refractivity contribution in [1.29, 1.82) is 0 Å². The van der Waals surface area contributed by atoms with Crippen molar-refractivity contribution in [2.45, 2.75) is 11.4 Å². The van der Waals surface area contributed by atoms with E-state index in [1.165, 1.54) is 23.2 Å². The van der Waals surface area contributed by atoms with Gasteiger partial charge >= 0.3 is 5.97 Å². The quantitative estimate of drug-likeness (QED) is 0.145. The fraction of sp³-hybridized carbons (Fsp3) is 0.214. The summed E-state index contributed by atoms with van der Waals surface area (Å²) >= 11 is 2.37. The molecule has 0 bridgehead atoms. The number of anilines is 1. The number of aromatic nitrogens is 1. The van der Waals surface area contributed by atoms with E-state index in [2.05, 4.69) is 22.0 Å². The fourth-order valence-corrected chi connectivity index (χ4v) is 4.51. The molecule has 0 radical (unpaired) electrons. The number of allylic oxidation sites excluding steroid dienone is 1. The summed E-state index contributed by atoms with van der Waals surface area (Å²) in [5, 5.41) is 24.9. The number of nitrogen functional groups attached to an aromatic ring is 1. The van der Waals surface area contributed by atoms with Crippen LogP contribution in [-0.4, -0.2) is 82.8 Å². The molecule has 168 valence electrons. The Labute approximate surface area is 177 Å². The highest BCUT2D eigenvalue weighted by molar-refractivity contribution is 8.00. The first-order chi connectivity index (χ1) is 12.4. The van der Waals surface area contributed by atoms with Gasteiger partial charge in [-0.15, -0.1) is 23.1 Å². The van der Waals surface area contributed by atoms with E-state index in [9.17, 15) is 19.5 Å². The molecule has 2 aliphatic rings. The molecule has 16 heteroatoms. The van der Waals surface area contributed by atoms with Gasteiger partial charge in [0.15, 0.2) is 10.8 Å². The number of fused-ring (bicyclic) bond motifs is 1. The van der Waals surface area contributed by atoms with E-state index in [1.807, 2.05) is 0 Å². The topological polar surface area (TPSA) is 284 Å². The van der Waals surface area contributed by atoms with E-state index in [0.717, 1.165) is 16.2 Å².